The van der Waals surface area contributed by atoms with Crippen LogP contribution in [0, 0.1) is 6.92 Å². The zero-order chi connectivity index (χ0) is 16.0. The molecule has 0 aliphatic rings. The van der Waals surface area contributed by atoms with E-state index in [0.29, 0.717) is 17.7 Å². The fourth-order valence-corrected chi connectivity index (χ4v) is 1.92. The van der Waals surface area contributed by atoms with Gasteiger partial charge >= 0.3 is 5.97 Å². The van der Waals surface area contributed by atoms with Crippen molar-refractivity contribution in [3.8, 4) is 0 Å². The van der Waals surface area contributed by atoms with Gasteiger partial charge in [-0.25, -0.2) is 4.79 Å². The molecule has 0 aromatic heterocycles. The van der Waals surface area contributed by atoms with E-state index in [1.807, 2.05) is 0 Å². The van der Waals surface area contributed by atoms with E-state index in [1.165, 1.54) is 6.08 Å². The molecule has 2 N–H and O–H groups in total. The predicted octanol–water partition coefficient (Wildman–Crippen LogP) is 1.59. The molecule has 1 aromatic rings. The number of carboxylic acids is 1. The summed E-state index contributed by atoms with van der Waals surface area (Å²) in [4.78, 5) is 22.6. The van der Waals surface area contributed by atoms with Crippen LogP contribution in [0.2, 0.25) is 0 Å². The second-order valence-corrected chi connectivity index (χ2v) is 6.57. The fraction of sp³-hybridized carbons (Fsp3) is 0.333. The van der Waals surface area contributed by atoms with Gasteiger partial charge in [-0.1, -0.05) is 12.1 Å². The van der Waals surface area contributed by atoms with Crippen molar-refractivity contribution in [2.45, 2.75) is 19.1 Å². The summed E-state index contributed by atoms with van der Waals surface area (Å²) in [5.41, 5.74) is 1.92. The van der Waals surface area contributed by atoms with Gasteiger partial charge in [0.25, 0.3) is 5.91 Å². The Morgan fingerprint density at radius 2 is 2.10 bits per heavy atom. The molecule has 1 rings (SSSR count). The van der Waals surface area contributed by atoms with E-state index >= 15 is 0 Å². The van der Waals surface area contributed by atoms with Crippen molar-refractivity contribution < 1.29 is 18.9 Å². The molecule has 0 heterocycles. The first-order chi connectivity index (χ1) is 9.81. The maximum atomic E-state index is 12.1. The van der Waals surface area contributed by atoms with Gasteiger partial charge in [-0.3, -0.25) is 9.00 Å². The van der Waals surface area contributed by atoms with Crippen LogP contribution in [-0.4, -0.2) is 39.2 Å². The highest BCUT2D eigenvalue weighted by Crippen LogP contribution is 2.12. The van der Waals surface area contributed by atoms with Crippen LogP contribution in [0.4, 0.5) is 0 Å². The maximum absolute atomic E-state index is 12.1. The molecule has 114 valence electrons. The third-order valence-corrected chi connectivity index (χ3v) is 4.34. The Balaban J connectivity index is 2.86. The Hall–Kier alpha value is -1.95. The third kappa shape index (κ3) is 5.51. The number of benzene rings is 1. The van der Waals surface area contributed by atoms with Crippen molar-refractivity contribution in [3.63, 3.8) is 0 Å². The van der Waals surface area contributed by atoms with E-state index in [0.717, 1.165) is 11.6 Å². The van der Waals surface area contributed by atoms with Crippen molar-refractivity contribution in [3.05, 3.63) is 41.0 Å². The van der Waals surface area contributed by atoms with Crippen LogP contribution in [0.5, 0.6) is 0 Å². The number of aliphatic carboxylic acids is 1. The molecule has 0 fully saturated rings. The fourth-order valence-electron chi connectivity index (χ4n) is 1.60. The van der Waals surface area contributed by atoms with Crippen LogP contribution in [0.25, 0.3) is 6.08 Å². The third-order valence-electron chi connectivity index (χ3n) is 3.04. The maximum Gasteiger partial charge on any atom is 0.328 e. The predicted molar refractivity (Wildman–Crippen MR) is 83.7 cm³/mol. The first-order valence-corrected chi connectivity index (χ1v) is 8.05. The van der Waals surface area contributed by atoms with Crippen molar-refractivity contribution in [2.75, 3.05) is 12.8 Å². The summed E-state index contributed by atoms with van der Waals surface area (Å²) in [5.74, 6) is -1.30. The van der Waals surface area contributed by atoms with E-state index in [9.17, 15) is 13.8 Å². The summed E-state index contributed by atoms with van der Waals surface area (Å²) >= 11 is 0. The largest absolute Gasteiger partial charge is 0.478 e. The molecule has 0 aliphatic carbocycles. The second-order valence-electron chi connectivity index (χ2n) is 4.77. The lowest BCUT2D eigenvalue weighted by Gasteiger charge is -2.11. The van der Waals surface area contributed by atoms with Crippen LogP contribution in [0.1, 0.15) is 28.4 Å². The molecule has 0 radical (unpaired) electrons. The highest BCUT2D eigenvalue weighted by atomic mass is 32.2. The quantitative estimate of drug-likeness (QED) is 0.782. The number of hydrogen-bond acceptors (Lipinski definition) is 3. The van der Waals surface area contributed by atoms with Gasteiger partial charge in [0.05, 0.1) is 0 Å². The summed E-state index contributed by atoms with van der Waals surface area (Å²) in [7, 11) is -0.992. The molecule has 1 amide bonds. The number of carbonyl (C=O) groups excluding carboxylic acids is 1. The molecule has 0 aliphatic heterocycles. The van der Waals surface area contributed by atoms with Gasteiger partial charge in [0.15, 0.2) is 0 Å². The van der Waals surface area contributed by atoms with E-state index in [2.05, 4.69) is 5.32 Å². The highest BCUT2D eigenvalue weighted by Gasteiger charge is 2.12. The van der Waals surface area contributed by atoms with Crippen LogP contribution >= 0.6 is 0 Å². The minimum absolute atomic E-state index is 0.121. The summed E-state index contributed by atoms with van der Waals surface area (Å²) in [6, 6.07) is 5.14. The zero-order valence-electron chi connectivity index (χ0n) is 12.3. The number of rotatable bonds is 6. The molecule has 2 atom stereocenters. The first kappa shape index (κ1) is 17.1. The minimum Gasteiger partial charge on any atom is -0.478 e. The van der Waals surface area contributed by atoms with E-state index < -0.39 is 16.8 Å². The van der Waals surface area contributed by atoms with Gasteiger partial charge < -0.3 is 10.4 Å². The molecular weight excluding hydrogens is 290 g/mol. The molecular formula is C15H19NO4S. The monoisotopic (exact) mass is 309 g/mol. The molecule has 0 saturated heterocycles. The Kier molecular flexibility index (Phi) is 6.30. The van der Waals surface area contributed by atoms with Crippen molar-refractivity contribution in [1.29, 1.82) is 0 Å². The molecule has 5 nitrogen and oxygen atoms in total. The Morgan fingerprint density at radius 3 is 2.67 bits per heavy atom. The summed E-state index contributed by atoms with van der Waals surface area (Å²) in [6.07, 6.45) is 4.05. The van der Waals surface area contributed by atoms with Crippen LogP contribution < -0.4 is 5.32 Å². The first-order valence-electron chi connectivity index (χ1n) is 6.43. The number of carboxylic acid groups (broad SMARTS) is 1. The Bertz CT molecular complexity index is 595. The van der Waals surface area contributed by atoms with Crippen LogP contribution in [-0.2, 0) is 15.6 Å². The lowest BCUT2D eigenvalue weighted by atomic mass is 10.0. The molecule has 1 aromatic carbocycles. The molecule has 2 unspecified atom stereocenters. The number of nitrogens with one attached hydrogen (secondary N) is 1. The van der Waals surface area contributed by atoms with Crippen LogP contribution in [0.15, 0.2) is 24.3 Å². The number of carbonyl (C=O) groups is 2. The molecule has 0 bridgehead atoms. The van der Waals surface area contributed by atoms with E-state index in [1.54, 1.807) is 38.3 Å². The average Bonchev–Trinajstić information content (AvgIpc) is 2.43. The minimum atomic E-state index is -1.04. The average molecular weight is 309 g/mol. The van der Waals surface area contributed by atoms with Gasteiger partial charge in [-0.2, -0.15) is 0 Å². The number of hydrogen-bond donors (Lipinski definition) is 2. The van der Waals surface area contributed by atoms with Crippen LogP contribution in [0.3, 0.4) is 0 Å². The molecule has 21 heavy (non-hydrogen) atoms. The zero-order valence-corrected chi connectivity index (χ0v) is 13.1. The summed E-state index contributed by atoms with van der Waals surface area (Å²) < 4.78 is 11.3. The summed E-state index contributed by atoms with van der Waals surface area (Å²) in [5, 5.41) is 11.2. The Labute approximate surface area is 126 Å². The van der Waals surface area contributed by atoms with E-state index in [-0.39, 0.29) is 11.2 Å². The van der Waals surface area contributed by atoms with Gasteiger partial charge in [-0.15, -0.1) is 0 Å². The SMILES string of the molecule is Cc1ccc(/C=C/C(=O)O)cc1C(=O)NCC(C)S(C)=O. The van der Waals surface area contributed by atoms with Gasteiger partial charge in [-0.05, 0) is 37.1 Å². The lowest BCUT2D eigenvalue weighted by molar-refractivity contribution is -0.131. The molecule has 0 saturated carbocycles. The second kappa shape index (κ2) is 7.73. The van der Waals surface area contributed by atoms with Crippen molar-refractivity contribution >= 4 is 28.8 Å². The van der Waals surface area contributed by atoms with Gasteiger partial charge in [0.2, 0.25) is 0 Å². The highest BCUT2D eigenvalue weighted by molar-refractivity contribution is 7.84. The lowest BCUT2D eigenvalue weighted by Crippen LogP contribution is -2.33. The van der Waals surface area contributed by atoms with Crippen molar-refractivity contribution in [1.82, 2.24) is 5.32 Å². The topological polar surface area (TPSA) is 83.5 Å². The molecule has 0 spiro atoms. The smallest absolute Gasteiger partial charge is 0.328 e. The molecule has 6 heteroatoms. The van der Waals surface area contributed by atoms with Gasteiger partial charge in [0, 0.05) is 40.5 Å². The van der Waals surface area contributed by atoms with E-state index in [4.69, 9.17) is 5.11 Å². The Morgan fingerprint density at radius 1 is 1.43 bits per heavy atom. The van der Waals surface area contributed by atoms with Gasteiger partial charge in [0.1, 0.15) is 0 Å². The number of aryl methyl sites for hydroxylation is 1. The standard InChI is InChI=1S/C15H19NO4S/c1-10-4-5-12(6-7-14(17)18)8-13(10)15(19)16-9-11(2)21(3)20/h4-8,11H,9H2,1-3H3,(H,16,19)(H,17,18)/b7-6+. The van der Waals surface area contributed by atoms with Crippen molar-refractivity contribution in [2.24, 2.45) is 0 Å². The summed E-state index contributed by atoms with van der Waals surface area (Å²) in [6.45, 7) is 3.94. The number of amides is 1. The normalized spacial score (nSPS) is 13.9.